The van der Waals surface area contributed by atoms with Gasteiger partial charge in [0.15, 0.2) is 5.76 Å². The van der Waals surface area contributed by atoms with Crippen LogP contribution >= 0.6 is 11.6 Å². The van der Waals surface area contributed by atoms with Gasteiger partial charge in [0.05, 0.1) is 7.11 Å². The summed E-state index contributed by atoms with van der Waals surface area (Å²) in [6.07, 6.45) is 6.09. The fraction of sp³-hybridized carbons (Fsp3) is 0.464. The first-order valence-corrected chi connectivity index (χ1v) is 12.4. The van der Waals surface area contributed by atoms with Gasteiger partial charge in [-0.2, -0.15) is 0 Å². The zero-order chi connectivity index (χ0) is 22.8. The smallest absolute Gasteiger partial charge is 0.169 e. The maximum atomic E-state index is 12.1. The zero-order valence-corrected chi connectivity index (χ0v) is 19.9. The monoisotopic (exact) mass is 463 g/mol. The molecule has 3 aliphatic carbocycles. The third kappa shape index (κ3) is 3.10. The Morgan fingerprint density at radius 2 is 1.88 bits per heavy atom. The van der Waals surface area contributed by atoms with Gasteiger partial charge in [0.2, 0.25) is 0 Å². The number of ether oxygens (including phenoxy) is 1. The van der Waals surface area contributed by atoms with Gasteiger partial charge in [-0.25, -0.2) is 0 Å². The fourth-order valence-corrected chi connectivity index (χ4v) is 7.46. The second kappa shape index (κ2) is 7.61. The Morgan fingerprint density at radius 3 is 2.67 bits per heavy atom. The van der Waals surface area contributed by atoms with Gasteiger partial charge in [-0.1, -0.05) is 41.9 Å². The summed E-state index contributed by atoms with van der Waals surface area (Å²) < 4.78 is 11.3. The van der Waals surface area contributed by atoms with Gasteiger partial charge in [0, 0.05) is 22.1 Å². The quantitative estimate of drug-likeness (QED) is 0.466. The van der Waals surface area contributed by atoms with Crippen LogP contribution in [0, 0.1) is 17.3 Å². The van der Waals surface area contributed by atoms with Gasteiger partial charge < -0.3 is 14.4 Å². The van der Waals surface area contributed by atoms with E-state index in [2.05, 4.69) is 30.3 Å². The number of fused-ring (bicyclic) bond motifs is 5. The van der Waals surface area contributed by atoms with E-state index in [1.807, 2.05) is 30.3 Å². The molecule has 1 heterocycles. The van der Waals surface area contributed by atoms with Crippen molar-refractivity contribution in [3.63, 3.8) is 0 Å². The lowest BCUT2D eigenvalue weighted by Crippen LogP contribution is -2.49. The fourth-order valence-electron chi connectivity index (χ4n) is 7.33. The number of aryl methyl sites for hydroxylation is 1. The molecule has 2 fully saturated rings. The van der Waals surface area contributed by atoms with Crippen LogP contribution in [0.4, 0.5) is 0 Å². The van der Waals surface area contributed by atoms with Crippen LogP contribution in [0.15, 0.2) is 53.1 Å². The number of hydrogen-bond donors (Lipinski definition) is 1. The summed E-state index contributed by atoms with van der Waals surface area (Å²) in [6, 6.07) is 16.1. The number of methoxy groups -OCH3 is 1. The van der Waals surface area contributed by atoms with E-state index in [-0.39, 0.29) is 5.41 Å². The molecule has 4 nitrogen and oxygen atoms in total. The number of rotatable bonds is 3. The van der Waals surface area contributed by atoms with Crippen molar-refractivity contribution in [3.8, 4) is 17.0 Å². The Morgan fingerprint density at radius 1 is 1.06 bits per heavy atom. The maximum absolute atomic E-state index is 12.1. The summed E-state index contributed by atoms with van der Waals surface area (Å²) >= 11 is 6.04. The molecule has 5 heteroatoms. The van der Waals surface area contributed by atoms with E-state index in [0.29, 0.717) is 28.5 Å². The van der Waals surface area contributed by atoms with Crippen molar-refractivity contribution in [2.75, 3.05) is 7.11 Å². The van der Waals surface area contributed by atoms with E-state index in [1.165, 1.54) is 17.5 Å². The van der Waals surface area contributed by atoms with Crippen LogP contribution in [-0.4, -0.2) is 17.4 Å². The van der Waals surface area contributed by atoms with Gasteiger partial charge in [-0.3, -0.25) is 0 Å². The Hall–Kier alpha value is -2.30. The molecule has 0 radical (unpaired) electrons. The van der Waals surface area contributed by atoms with Crippen LogP contribution < -0.4 is 4.74 Å². The van der Waals surface area contributed by atoms with E-state index < -0.39 is 5.60 Å². The molecule has 33 heavy (non-hydrogen) atoms. The number of benzene rings is 2. The lowest BCUT2D eigenvalue weighted by Gasteiger charge is -2.52. The van der Waals surface area contributed by atoms with E-state index in [1.54, 1.807) is 7.11 Å². The minimum absolute atomic E-state index is 0.213. The molecule has 0 bridgehead atoms. The first-order chi connectivity index (χ1) is 15.9. The van der Waals surface area contributed by atoms with E-state index >= 15 is 0 Å². The summed E-state index contributed by atoms with van der Waals surface area (Å²) in [7, 11) is 1.74. The Balaban J connectivity index is 1.31. The van der Waals surface area contributed by atoms with Crippen LogP contribution in [0.1, 0.15) is 61.8 Å². The first kappa shape index (κ1) is 21.2. The van der Waals surface area contributed by atoms with E-state index in [0.717, 1.165) is 49.1 Å². The molecule has 172 valence electrons. The van der Waals surface area contributed by atoms with Crippen LogP contribution in [0.3, 0.4) is 0 Å². The van der Waals surface area contributed by atoms with Crippen molar-refractivity contribution >= 4 is 11.6 Å². The zero-order valence-electron chi connectivity index (χ0n) is 19.2. The third-order valence-corrected chi connectivity index (χ3v) is 9.40. The summed E-state index contributed by atoms with van der Waals surface area (Å²) in [5, 5.41) is 17.1. The van der Waals surface area contributed by atoms with Crippen LogP contribution in [0.2, 0.25) is 5.02 Å². The molecule has 1 aromatic heterocycles. The van der Waals surface area contributed by atoms with Gasteiger partial charge in [-0.15, -0.1) is 0 Å². The van der Waals surface area contributed by atoms with Gasteiger partial charge in [0.1, 0.15) is 17.0 Å². The second-order valence-electron chi connectivity index (χ2n) is 10.4. The van der Waals surface area contributed by atoms with Crippen molar-refractivity contribution in [2.45, 2.75) is 57.0 Å². The molecule has 2 saturated carbocycles. The lowest BCUT2D eigenvalue weighted by atomic mass is 9.53. The number of halogens is 1. The largest absolute Gasteiger partial charge is 0.497 e. The number of aliphatic hydroxyl groups is 1. The number of nitrogens with zero attached hydrogens (tertiary/aromatic N) is 1. The third-order valence-electron chi connectivity index (χ3n) is 9.14. The summed E-state index contributed by atoms with van der Waals surface area (Å²) in [6.45, 7) is 2.29. The standard InChI is InChI=1S/C28H30ClNO3/c1-27-13-11-22-21-10-8-20(32-2)15-18(21)5-9-23(22)24(27)12-14-28(27,31)26-16-25(30-33-26)17-3-6-19(29)7-4-17/h3-4,6-8,10,15-16,22-24,31H,5,9,11-14H2,1-2H3/t22-,23-,24+,27+,28-/m1/s1. The average molecular weight is 464 g/mol. The molecule has 2 aromatic carbocycles. The molecular weight excluding hydrogens is 434 g/mol. The predicted molar refractivity (Wildman–Crippen MR) is 128 cm³/mol. The molecule has 5 atom stereocenters. The lowest BCUT2D eigenvalue weighted by molar-refractivity contribution is -0.122. The topological polar surface area (TPSA) is 55.5 Å². The molecule has 3 aliphatic rings. The molecule has 1 N–H and O–H groups in total. The molecule has 6 rings (SSSR count). The average Bonchev–Trinajstić information content (AvgIpc) is 3.43. The van der Waals surface area contributed by atoms with Crippen molar-refractivity contribution in [1.29, 1.82) is 0 Å². The summed E-state index contributed by atoms with van der Waals surface area (Å²) in [4.78, 5) is 0. The molecule has 0 amide bonds. The van der Waals surface area contributed by atoms with Gasteiger partial charge in [0.25, 0.3) is 0 Å². The molecule has 0 spiro atoms. The molecule has 0 aliphatic heterocycles. The van der Waals surface area contributed by atoms with Crippen molar-refractivity contribution in [3.05, 3.63) is 70.4 Å². The summed E-state index contributed by atoms with van der Waals surface area (Å²) in [5.41, 5.74) is 3.43. The minimum atomic E-state index is -0.986. The Kier molecular flexibility index (Phi) is 4.90. The highest BCUT2D eigenvalue weighted by atomic mass is 35.5. The predicted octanol–water partition coefficient (Wildman–Crippen LogP) is 6.75. The minimum Gasteiger partial charge on any atom is -0.497 e. The van der Waals surface area contributed by atoms with Crippen molar-refractivity contribution in [1.82, 2.24) is 5.16 Å². The molecule has 3 aromatic rings. The maximum Gasteiger partial charge on any atom is 0.169 e. The van der Waals surface area contributed by atoms with Crippen LogP contribution in [-0.2, 0) is 12.0 Å². The number of hydrogen-bond acceptors (Lipinski definition) is 4. The second-order valence-corrected chi connectivity index (χ2v) is 10.9. The van der Waals surface area contributed by atoms with E-state index in [4.69, 9.17) is 20.9 Å². The normalized spacial score (nSPS) is 32.7. The number of aromatic nitrogens is 1. The molecule has 0 saturated heterocycles. The first-order valence-electron chi connectivity index (χ1n) is 12.1. The molecule has 0 unspecified atom stereocenters. The highest BCUT2D eigenvalue weighted by molar-refractivity contribution is 6.30. The van der Waals surface area contributed by atoms with Gasteiger partial charge >= 0.3 is 0 Å². The highest BCUT2D eigenvalue weighted by Gasteiger charge is 2.63. The molecular formula is C28H30ClNO3. The summed E-state index contributed by atoms with van der Waals surface area (Å²) in [5.74, 6) is 3.19. The van der Waals surface area contributed by atoms with E-state index in [9.17, 15) is 5.11 Å². The van der Waals surface area contributed by atoms with Gasteiger partial charge in [-0.05, 0) is 91.7 Å². The van der Waals surface area contributed by atoms with Crippen LogP contribution in [0.25, 0.3) is 11.3 Å². The van der Waals surface area contributed by atoms with Crippen LogP contribution in [0.5, 0.6) is 5.75 Å². The highest BCUT2D eigenvalue weighted by Crippen LogP contribution is 2.67. The Bertz CT molecular complexity index is 1190. The SMILES string of the molecule is COc1ccc2c(c1)CC[C@@H]1[C@@H]2CC[C@@]2(C)[C@H]1CC[C@@]2(O)c1cc(-c2ccc(Cl)cc2)no1. The van der Waals surface area contributed by atoms with Crippen molar-refractivity contribution in [2.24, 2.45) is 17.3 Å². The van der Waals surface area contributed by atoms with Crippen molar-refractivity contribution < 1.29 is 14.4 Å². The Labute approximate surface area is 199 Å².